The minimum Gasteiger partial charge on any atom is -0.481 e. The number of nitrogens with zero attached hydrogens (tertiary/aromatic N) is 2. The van der Waals surface area contributed by atoms with Crippen molar-refractivity contribution in [3.05, 3.63) is 0 Å². The van der Waals surface area contributed by atoms with Crippen LogP contribution in [-0.2, 0) is 4.79 Å². The predicted octanol–water partition coefficient (Wildman–Crippen LogP) is 2.65. The Hall–Kier alpha value is -0.910. The van der Waals surface area contributed by atoms with Crippen molar-refractivity contribution in [3.63, 3.8) is 0 Å². The highest BCUT2D eigenvalue weighted by molar-refractivity contribution is 7.99. The maximum absolute atomic E-state index is 12.9. The second-order valence-corrected chi connectivity index (χ2v) is 7.08. The minimum atomic E-state index is -0.816. The molecule has 1 N–H and O–H groups in total. The van der Waals surface area contributed by atoms with Gasteiger partial charge in [-0.05, 0) is 25.7 Å². The molecule has 6 heteroatoms. The number of carbonyl (C=O) groups is 2. The molecule has 2 heterocycles. The van der Waals surface area contributed by atoms with Crippen molar-refractivity contribution in [2.24, 2.45) is 0 Å². The summed E-state index contributed by atoms with van der Waals surface area (Å²) in [5, 5.41) is 9.05. The van der Waals surface area contributed by atoms with Crippen LogP contribution in [0.25, 0.3) is 0 Å². The Labute approximate surface area is 131 Å². The summed E-state index contributed by atoms with van der Waals surface area (Å²) in [7, 11) is 0. The van der Waals surface area contributed by atoms with Crippen molar-refractivity contribution in [2.45, 2.75) is 57.5 Å². The first-order valence-corrected chi connectivity index (χ1v) is 9.15. The summed E-state index contributed by atoms with van der Waals surface area (Å²) in [6.07, 6.45) is 5.55. The third kappa shape index (κ3) is 4.28. The number of urea groups is 1. The molecular formula is C15H26N2O3S. The number of aliphatic carboxylic acids is 1. The van der Waals surface area contributed by atoms with Crippen molar-refractivity contribution >= 4 is 23.8 Å². The van der Waals surface area contributed by atoms with E-state index in [9.17, 15) is 9.59 Å². The molecule has 2 rings (SSSR count). The lowest BCUT2D eigenvalue weighted by atomic mass is 9.98. The Bertz CT molecular complexity index is 376. The molecule has 120 valence electrons. The van der Waals surface area contributed by atoms with E-state index in [4.69, 9.17) is 5.11 Å². The molecule has 0 aliphatic carbocycles. The second kappa shape index (κ2) is 7.92. The van der Waals surface area contributed by atoms with Gasteiger partial charge in [-0.15, -0.1) is 0 Å². The van der Waals surface area contributed by atoms with Crippen LogP contribution in [-0.4, -0.2) is 63.6 Å². The number of thioether (sulfide) groups is 1. The van der Waals surface area contributed by atoms with Crippen LogP contribution in [0.1, 0.15) is 45.4 Å². The zero-order valence-corrected chi connectivity index (χ0v) is 13.6. The Balaban J connectivity index is 2.05. The molecule has 0 spiro atoms. The monoisotopic (exact) mass is 314 g/mol. The van der Waals surface area contributed by atoms with E-state index >= 15 is 0 Å². The maximum atomic E-state index is 12.9. The summed E-state index contributed by atoms with van der Waals surface area (Å²) >= 11 is 1.75. The number of piperidine rings is 1. The van der Waals surface area contributed by atoms with E-state index in [1.54, 1.807) is 11.8 Å². The molecule has 2 fully saturated rings. The van der Waals surface area contributed by atoms with E-state index in [0.717, 1.165) is 43.7 Å². The fourth-order valence-corrected chi connectivity index (χ4v) is 4.39. The Morgan fingerprint density at radius 3 is 2.67 bits per heavy atom. The molecule has 2 amide bonds. The highest BCUT2D eigenvalue weighted by atomic mass is 32.2. The Kier molecular flexibility index (Phi) is 6.21. The quantitative estimate of drug-likeness (QED) is 0.866. The Morgan fingerprint density at radius 1 is 1.19 bits per heavy atom. The smallest absolute Gasteiger partial charge is 0.320 e. The van der Waals surface area contributed by atoms with Crippen molar-refractivity contribution in [1.82, 2.24) is 9.80 Å². The number of likely N-dealkylation sites (tertiary alicyclic amines) is 1. The average Bonchev–Trinajstić information content (AvgIpc) is 2.47. The minimum absolute atomic E-state index is 0.0605. The molecule has 0 aromatic carbocycles. The van der Waals surface area contributed by atoms with E-state index in [-0.39, 0.29) is 18.5 Å². The number of rotatable bonds is 4. The lowest BCUT2D eigenvalue weighted by Gasteiger charge is -2.43. The summed E-state index contributed by atoms with van der Waals surface area (Å²) in [5.41, 5.74) is 0. The molecule has 2 aliphatic rings. The number of carboxylic acid groups (broad SMARTS) is 1. The topological polar surface area (TPSA) is 60.9 Å². The zero-order chi connectivity index (χ0) is 15.2. The molecule has 2 saturated heterocycles. The van der Waals surface area contributed by atoms with E-state index in [1.165, 1.54) is 6.42 Å². The predicted molar refractivity (Wildman–Crippen MR) is 84.7 cm³/mol. The van der Waals surface area contributed by atoms with Gasteiger partial charge in [-0.25, -0.2) is 4.79 Å². The van der Waals surface area contributed by atoms with Crippen molar-refractivity contribution in [1.29, 1.82) is 0 Å². The molecule has 0 aromatic rings. The van der Waals surface area contributed by atoms with E-state index in [2.05, 4.69) is 6.92 Å². The highest BCUT2D eigenvalue weighted by Crippen LogP contribution is 2.26. The number of hydrogen-bond acceptors (Lipinski definition) is 3. The first kappa shape index (κ1) is 16.5. The first-order chi connectivity index (χ1) is 10.1. The van der Waals surface area contributed by atoms with Crippen molar-refractivity contribution < 1.29 is 14.7 Å². The summed E-state index contributed by atoms with van der Waals surface area (Å²) in [5.74, 6) is 0.836. The molecule has 2 unspecified atom stereocenters. The summed E-state index contributed by atoms with van der Waals surface area (Å²) in [6, 6.07) is 0.258. The van der Waals surface area contributed by atoms with Gasteiger partial charge in [0.2, 0.25) is 0 Å². The fourth-order valence-electron chi connectivity index (χ4n) is 3.33. The normalized spacial score (nSPS) is 26.7. The standard InChI is InChI=1S/C15H26N2O3S/c1-2-5-12-6-3-4-7-16(12)15(20)17-8-9-21-11-13(17)10-14(18)19/h12-13H,2-11H2,1H3,(H,18,19). The molecule has 0 radical (unpaired) electrons. The van der Waals surface area contributed by atoms with Crippen LogP contribution >= 0.6 is 11.8 Å². The second-order valence-electron chi connectivity index (χ2n) is 5.93. The van der Waals surface area contributed by atoms with Gasteiger partial charge < -0.3 is 14.9 Å². The van der Waals surface area contributed by atoms with Crippen LogP contribution in [0.3, 0.4) is 0 Å². The third-order valence-electron chi connectivity index (χ3n) is 4.38. The molecule has 2 aliphatic heterocycles. The van der Waals surface area contributed by atoms with Crippen LogP contribution in [0.2, 0.25) is 0 Å². The maximum Gasteiger partial charge on any atom is 0.320 e. The van der Waals surface area contributed by atoms with E-state index in [1.807, 2.05) is 9.80 Å². The number of carbonyl (C=O) groups excluding carboxylic acids is 1. The fraction of sp³-hybridized carbons (Fsp3) is 0.867. The van der Waals surface area contributed by atoms with Crippen molar-refractivity contribution in [3.8, 4) is 0 Å². The van der Waals surface area contributed by atoms with E-state index in [0.29, 0.717) is 12.6 Å². The van der Waals surface area contributed by atoms with Crippen LogP contribution in [0, 0.1) is 0 Å². The van der Waals surface area contributed by atoms with Gasteiger partial charge in [0.15, 0.2) is 0 Å². The Morgan fingerprint density at radius 2 is 1.95 bits per heavy atom. The zero-order valence-electron chi connectivity index (χ0n) is 12.8. The molecule has 0 aromatic heterocycles. The van der Waals surface area contributed by atoms with Crippen LogP contribution in [0.4, 0.5) is 4.79 Å². The number of hydrogen-bond donors (Lipinski definition) is 1. The summed E-state index contributed by atoms with van der Waals surface area (Å²) < 4.78 is 0. The van der Waals surface area contributed by atoms with Crippen molar-refractivity contribution in [2.75, 3.05) is 24.6 Å². The lowest BCUT2D eigenvalue weighted by molar-refractivity contribution is -0.138. The number of carboxylic acids is 1. The summed E-state index contributed by atoms with van der Waals surface area (Å²) in [6.45, 7) is 3.66. The van der Waals surface area contributed by atoms with Gasteiger partial charge in [0, 0.05) is 30.6 Å². The van der Waals surface area contributed by atoms with Crippen LogP contribution in [0.15, 0.2) is 0 Å². The van der Waals surface area contributed by atoms with Gasteiger partial charge in [0.1, 0.15) is 0 Å². The number of amides is 2. The van der Waals surface area contributed by atoms with E-state index < -0.39 is 5.97 Å². The molecule has 0 bridgehead atoms. The van der Waals surface area contributed by atoms with Gasteiger partial charge in [-0.1, -0.05) is 13.3 Å². The molecule has 2 atom stereocenters. The third-order valence-corrected chi connectivity index (χ3v) is 5.47. The van der Waals surface area contributed by atoms with Crippen LogP contribution < -0.4 is 0 Å². The summed E-state index contributed by atoms with van der Waals surface area (Å²) in [4.78, 5) is 27.7. The molecular weight excluding hydrogens is 288 g/mol. The van der Waals surface area contributed by atoms with Crippen LogP contribution in [0.5, 0.6) is 0 Å². The lowest BCUT2D eigenvalue weighted by Crippen LogP contribution is -2.56. The average molecular weight is 314 g/mol. The SMILES string of the molecule is CCCC1CCCCN1C(=O)N1CCSCC1CC(=O)O. The van der Waals surface area contributed by atoms with Gasteiger partial charge in [-0.3, -0.25) is 4.79 Å². The van der Waals surface area contributed by atoms with Gasteiger partial charge >= 0.3 is 12.0 Å². The largest absolute Gasteiger partial charge is 0.481 e. The molecule has 5 nitrogen and oxygen atoms in total. The van der Waals surface area contributed by atoms with Gasteiger partial charge in [0.05, 0.1) is 12.5 Å². The molecule has 0 saturated carbocycles. The molecule has 21 heavy (non-hydrogen) atoms. The van der Waals surface area contributed by atoms with Gasteiger partial charge in [0.25, 0.3) is 0 Å². The first-order valence-electron chi connectivity index (χ1n) is 8.00. The van der Waals surface area contributed by atoms with Gasteiger partial charge in [-0.2, -0.15) is 11.8 Å². The highest BCUT2D eigenvalue weighted by Gasteiger charge is 2.35.